The predicted molar refractivity (Wildman–Crippen MR) is 125 cm³/mol. The third-order valence-electron chi connectivity index (χ3n) is 4.82. The van der Waals surface area contributed by atoms with Gasteiger partial charge in [0.15, 0.2) is 8.57 Å². The molecular weight excluding hydrogens is 531 g/mol. The van der Waals surface area contributed by atoms with Crippen LogP contribution in [0, 0.1) is 3.77 Å². The first kappa shape index (κ1) is 21.6. The standard InChI is InChI=1S/C22H19IN2O5S/c1-4-29-21(27)18-12(2)24-22-25(19(18)14-7-5-6-8-15(14)28-3)20(26)16(31-22)11-13-9-10-17(23)30-13/h5-11,19H,4H2,1-3H3. The van der Waals surface area contributed by atoms with Gasteiger partial charge < -0.3 is 13.9 Å². The van der Waals surface area contributed by atoms with Gasteiger partial charge >= 0.3 is 5.97 Å². The van der Waals surface area contributed by atoms with E-state index in [2.05, 4.69) is 27.6 Å². The van der Waals surface area contributed by atoms with Gasteiger partial charge in [-0.2, -0.15) is 0 Å². The molecule has 7 nitrogen and oxygen atoms in total. The minimum atomic E-state index is -0.717. The average molecular weight is 550 g/mol. The molecule has 1 aromatic carbocycles. The molecule has 4 rings (SSSR count). The van der Waals surface area contributed by atoms with Crippen LogP contribution in [-0.2, 0) is 9.53 Å². The number of aromatic nitrogens is 1. The summed E-state index contributed by atoms with van der Waals surface area (Å²) in [5, 5.41) is 0. The Hall–Kier alpha value is -2.66. The number of allylic oxidation sites excluding steroid dienone is 1. The van der Waals surface area contributed by atoms with E-state index in [4.69, 9.17) is 13.9 Å². The van der Waals surface area contributed by atoms with E-state index >= 15 is 0 Å². The molecule has 1 aliphatic heterocycles. The summed E-state index contributed by atoms with van der Waals surface area (Å²) in [6.45, 7) is 3.71. The highest BCUT2D eigenvalue weighted by Gasteiger charge is 2.34. The van der Waals surface area contributed by atoms with E-state index in [1.165, 1.54) is 15.9 Å². The van der Waals surface area contributed by atoms with Gasteiger partial charge in [0.05, 0.1) is 29.5 Å². The van der Waals surface area contributed by atoms with E-state index < -0.39 is 12.0 Å². The zero-order chi connectivity index (χ0) is 22.1. The monoisotopic (exact) mass is 550 g/mol. The van der Waals surface area contributed by atoms with E-state index in [9.17, 15) is 9.59 Å². The lowest BCUT2D eigenvalue weighted by atomic mass is 9.95. The number of hydrogen-bond acceptors (Lipinski definition) is 7. The molecule has 0 saturated heterocycles. The number of furan rings is 1. The van der Waals surface area contributed by atoms with Crippen LogP contribution < -0.4 is 19.6 Å². The van der Waals surface area contributed by atoms with Crippen molar-refractivity contribution < 1.29 is 18.7 Å². The van der Waals surface area contributed by atoms with Crippen LogP contribution in [-0.4, -0.2) is 24.3 Å². The summed E-state index contributed by atoms with van der Waals surface area (Å²) >= 11 is 3.32. The van der Waals surface area contributed by atoms with Crippen LogP contribution in [0.1, 0.15) is 31.2 Å². The SMILES string of the molecule is CCOC(=O)C1=C(C)N=c2sc(=Cc3ccc(I)o3)c(=O)n2C1c1ccccc1OC. The molecule has 0 bridgehead atoms. The molecule has 3 heterocycles. The Kier molecular flexibility index (Phi) is 6.15. The van der Waals surface area contributed by atoms with Gasteiger partial charge in [0.1, 0.15) is 17.6 Å². The molecule has 31 heavy (non-hydrogen) atoms. The minimum Gasteiger partial charge on any atom is -0.496 e. The zero-order valence-corrected chi connectivity index (χ0v) is 20.0. The number of hydrogen-bond donors (Lipinski definition) is 0. The van der Waals surface area contributed by atoms with Crippen LogP contribution in [0.4, 0.5) is 0 Å². The summed E-state index contributed by atoms with van der Waals surface area (Å²) < 4.78 is 19.1. The number of para-hydroxylation sites is 1. The van der Waals surface area contributed by atoms with E-state index in [0.29, 0.717) is 37.7 Å². The number of fused-ring (bicyclic) bond motifs is 1. The predicted octanol–water partition coefficient (Wildman–Crippen LogP) is 3.00. The molecule has 9 heteroatoms. The normalized spacial score (nSPS) is 16.1. The quantitative estimate of drug-likeness (QED) is 0.361. The molecule has 1 unspecified atom stereocenters. The van der Waals surface area contributed by atoms with Crippen molar-refractivity contribution in [3.05, 3.63) is 82.4 Å². The molecule has 0 spiro atoms. The third-order valence-corrected chi connectivity index (χ3v) is 6.38. The van der Waals surface area contributed by atoms with Gasteiger partial charge in [0, 0.05) is 11.6 Å². The Morgan fingerprint density at radius 1 is 1.32 bits per heavy atom. The maximum Gasteiger partial charge on any atom is 0.338 e. The lowest BCUT2D eigenvalue weighted by Gasteiger charge is -2.25. The van der Waals surface area contributed by atoms with E-state index in [0.717, 1.165) is 3.77 Å². The van der Waals surface area contributed by atoms with Crippen LogP contribution in [0.3, 0.4) is 0 Å². The number of esters is 1. The van der Waals surface area contributed by atoms with Crippen molar-refractivity contribution in [1.29, 1.82) is 0 Å². The van der Waals surface area contributed by atoms with Gasteiger partial charge in [0.25, 0.3) is 5.56 Å². The van der Waals surface area contributed by atoms with Gasteiger partial charge in [-0.1, -0.05) is 29.5 Å². The number of rotatable bonds is 5. The fraction of sp³-hybridized carbons (Fsp3) is 0.227. The molecule has 0 radical (unpaired) electrons. The van der Waals surface area contributed by atoms with E-state index in [1.54, 1.807) is 39.2 Å². The molecule has 160 valence electrons. The summed E-state index contributed by atoms with van der Waals surface area (Å²) in [7, 11) is 1.56. The van der Waals surface area contributed by atoms with Crippen LogP contribution in [0.2, 0.25) is 0 Å². The Labute approximate surface area is 195 Å². The number of nitrogens with zero attached hydrogens (tertiary/aromatic N) is 2. The fourth-order valence-corrected chi connectivity index (χ4v) is 4.97. The number of thiazole rings is 1. The smallest absolute Gasteiger partial charge is 0.338 e. The van der Waals surface area contributed by atoms with Crippen molar-refractivity contribution in [1.82, 2.24) is 4.57 Å². The average Bonchev–Trinajstić information content (AvgIpc) is 3.29. The first-order valence-electron chi connectivity index (χ1n) is 9.52. The number of carbonyl (C=O) groups excluding carboxylic acids is 1. The Morgan fingerprint density at radius 3 is 2.77 bits per heavy atom. The van der Waals surface area contributed by atoms with Crippen LogP contribution in [0.15, 0.2) is 61.9 Å². The number of benzene rings is 1. The molecule has 0 N–H and O–H groups in total. The molecule has 0 amide bonds. The van der Waals surface area contributed by atoms with Gasteiger partial charge in [-0.25, -0.2) is 9.79 Å². The second kappa shape index (κ2) is 8.83. The highest BCUT2D eigenvalue weighted by atomic mass is 127. The lowest BCUT2D eigenvalue weighted by Crippen LogP contribution is -2.40. The van der Waals surface area contributed by atoms with Crippen molar-refractivity contribution in [2.45, 2.75) is 19.9 Å². The highest BCUT2D eigenvalue weighted by Crippen LogP contribution is 2.35. The van der Waals surface area contributed by atoms with Crippen molar-refractivity contribution in [2.75, 3.05) is 13.7 Å². The summed E-state index contributed by atoms with van der Waals surface area (Å²) in [6, 6.07) is 10.2. The lowest BCUT2D eigenvalue weighted by molar-refractivity contribution is -0.139. The van der Waals surface area contributed by atoms with Gasteiger partial charge in [-0.15, -0.1) is 0 Å². The van der Waals surface area contributed by atoms with Crippen LogP contribution >= 0.6 is 33.9 Å². The van der Waals surface area contributed by atoms with E-state index in [-0.39, 0.29) is 12.2 Å². The third kappa shape index (κ3) is 3.99. The first-order chi connectivity index (χ1) is 14.9. The zero-order valence-electron chi connectivity index (χ0n) is 17.0. The van der Waals surface area contributed by atoms with Crippen molar-refractivity contribution in [3.63, 3.8) is 0 Å². The van der Waals surface area contributed by atoms with Gasteiger partial charge in [-0.05, 0) is 54.6 Å². The molecule has 1 aliphatic rings. The summed E-state index contributed by atoms with van der Waals surface area (Å²) in [5.74, 6) is 0.638. The number of halogens is 1. The molecule has 1 atom stereocenters. The van der Waals surface area contributed by atoms with Crippen molar-refractivity contribution in [3.8, 4) is 5.75 Å². The topological polar surface area (TPSA) is 83.0 Å². The maximum absolute atomic E-state index is 13.5. The molecule has 3 aromatic rings. The van der Waals surface area contributed by atoms with Crippen molar-refractivity contribution >= 4 is 46.0 Å². The fourth-order valence-electron chi connectivity index (χ4n) is 3.51. The highest BCUT2D eigenvalue weighted by molar-refractivity contribution is 14.1. The minimum absolute atomic E-state index is 0.218. The molecule has 0 saturated carbocycles. The maximum atomic E-state index is 13.5. The summed E-state index contributed by atoms with van der Waals surface area (Å²) in [5.41, 5.74) is 1.25. The Morgan fingerprint density at radius 2 is 2.10 bits per heavy atom. The van der Waals surface area contributed by atoms with E-state index in [1.807, 2.05) is 24.3 Å². The molecule has 0 aliphatic carbocycles. The Balaban J connectivity index is 2.00. The second-order valence-corrected chi connectivity index (χ2v) is 8.76. The number of carbonyl (C=O) groups is 1. The molecule has 0 fully saturated rings. The summed E-state index contributed by atoms with van der Waals surface area (Å²) in [4.78, 5) is 31.4. The summed E-state index contributed by atoms with van der Waals surface area (Å²) in [6.07, 6.45) is 1.69. The first-order valence-corrected chi connectivity index (χ1v) is 11.4. The second-order valence-electron chi connectivity index (χ2n) is 6.69. The number of methoxy groups -OCH3 is 1. The van der Waals surface area contributed by atoms with Crippen molar-refractivity contribution in [2.24, 2.45) is 4.99 Å². The van der Waals surface area contributed by atoms with Gasteiger partial charge in [-0.3, -0.25) is 9.36 Å². The van der Waals surface area contributed by atoms with Crippen LogP contribution in [0.25, 0.3) is 6.08 Å². The number of ether oxygens (including phenoxy) is 2. The van der Waals surface area contributed by atoms with Crippen LogP contribution in [0.5, 0.6) is 5.75 Å². The van der Waals surface area contributed by atoms with Gasteiger partial charge in [0.2, 0.25) is 0 Å². The molecule has 2 aromatic heterocycles. The molecular formula is C22H19IN2O5S. The Bertz CT molecular complexity index is 1360. The largest absolute Gasteiger partial charge is 0.496 e.